The Morgan fingerprint density at radius 2 is 1.93 bits per heavy atom. The van der Waals surface area contributed by atoms with Crippen molar-refractivity contribution in [2.75, 3.05) is 13.2 Å². The van der Waals surface area contributed by atoms with E-state index in [4.69, 9.17) is 0 Å². The van der Waals surface area contributed by atoms with Crippen molar-refractivity contribution in [3.05, 3.63) is 53.6 Å². The molecule has 0 spiro atoms. The molecule has 0 aliphatic rings. The number of pyridine rings is 2. The molecule has 0 atom stereocenters. The molecule has 2 aromatic rings. The highest BCUT2D eigenvalue weighted by atomic mass is 19.4. The number of carbonyl (C=O) groups excluding carboxylic acids is 2. The van der Waals surface area contributed by atoms with Gasteiger partial charge in [0, 0.05) is 38.3 Å². The summed E-state index contributed by atoms with van der Waals surface area (Å²) in [5.41, 5.74) is 1.21. The van der Waals surface area contributed by atoms with E-state index in [1.165, 1.54) is 25.3 Å². The second kappa shape index (κ2) is 9.67. The lowest BCUT2D eigenvalue weighted by Gasteiger charge is -2.11. The summed E-state index contributed by atoms with van der Waals surface area (Å²) < 4.78 is 41.3. The number of ether oxygens (including phenoxy) is 1. The molecule has 0 saturated carbocycles. The van der Waals surface area contributed by atoms with Gasteiger partial charge in [0.1, 0.15) is 5.75 Å². The largest absolute Gasteiger partial charge is 0.484 e. The first-order chi connectivity index (χ1) is 13.2. The van der Waals surface area contributed by atoms with Crippen LogP contribution >= 0.6 is 0 Å². The van der Waals surface area contributed by atoms with Crippen LogP contribution in [-0.4, -0.2) is 41.1 Å². The van der Waals surface area contributed by atoms with Gasteiger partial charge in [0.05, 0.1) is 23.5 Å². The zero-order chi connectivity index (χ0) is 20.6. The van der Waals surface area contributed by atoms with Gasteiger partial charge in [0.2, 0.25) is 5.91 Å². The van der Waals surface area contributed by atoms with Crippen molar-refractivity contribution in [3.63, 3.8) is 0 Å². The maximum absolute atomic E-state index is 12.4. The van der Waals surface area contributed by atoms with Crippen LogP contribution in [0.2, 0.25) is 0 Å². The highest BCUT2D eigenvalue weighted by Gasteiger charge is 2.28. The summed E-state index contributed by atoms with van der Waals surface area (Å²) >= 11 is 0. The van der Waals surface area contributed by atoms with Gasteiger partial charge in [-0.1, -0.05) is 0 Å². The number of halogens is 3. The van der Waals surface area contributed by atoms with E-state index in [0.29, 0.717) is 29.9 Å². The summed E-state index contributed by atoms with van der Waals surface area (Å²) in [6, 6.07) is 5.84. The van der Waals surface area contributed by atoms with E-state index in [2.05, 4.69) is 25.3 Å². The Hall–Kier alpha value is -3.17. The van der Waals surface area contributed by atoms with Crippen LogP contribution in [0.15, 0.2) is 36.7 Å². The molecule has 2 N–H and O–H groups in total. The second-order valence-corrected chi connectivity index (χ2v) is 5.80. The van der Waals surface area contributed by atoms with Crippen LogP contribution in [0.4, 0.5) is 13.2 Å². The van der Waals surface area contributed by atoms with E-state index in [9.17, 15) is 22.8 Å². The molecule has 28 heavy (non-hydrogen) atoms. The number of hydrogen-bond acceptors (Lipinski definition) is 5. The topological polar surface area (TPSA) is 93.2 Å². The zero-order valence-corrected chi connectivity index (χ0v) is 15.0. The minimum Gasteiger partial charge on any atom is -0.484 e. The molecule has 0 aliphatic carbocycles. The standard InChI is InChI=1S/C18H19F3N4O3/c1-12(26)22-8-5-16-15(3-2-6-24-16)17(27)25-10-13-9-14(4-7-23-13)28-11-18(19,20)21/h2-4,6-7,9H,5,8,10-11H2,1H3,(H,22,26)(H,25,27). The van der Waals surface area contributed by atoms with Crippen molar-refractivity contribution in [3.8, 4) is 5.75 Å². The summed E-state index contributed by atoms with van der Waals surface area (Å²) in [5.74, 6) is -0.580. The van der Waals surface area contributed by atoms with E-state index >= 15 is 0 Å². The molecule has 2 heterocycles. The maximum Gasteiger partial charge on any atom is 0.422 e. The molecule has 0 unspecified atom stereocenters. The minimum absolute atomic E-state index is 0.00206. The predicted octanol–water partition coefficient (Wildman–Crippen LogP) is 2.03. The van der Waals surface area contributed by atoms with Crippen LogP contribution in [0.3, 0.4) is 0 Å². The molecule has 10 heteroatoms. The number of rotatable bonds is 8. The molecule has 0 fully saturated rings. The van der Waals surface area contributed by atoms with Crippen molar-refractivity contribution in [2.24, 2.45) is 0 Å². The SMILES string of the molecule is CC(=O)NCCc1ncccc1C(=O)NCc1cc(OCC(F)(F)F)ccn1. The number of hydrogen-bond donors (Lipinski definition) is 2. The highest BCUT2D eigenvalue weighted by Crippen LogP contribution is 2.18. The summed E-state index contributed by atoms with van der Waals surface area (Å²) in [4.78, 5) is 31.5. The van der Waals surface area contributed by atoms with Crippen molar-refractivity contribution >= 4 is 11.8 Å². The minimum atomic E-state index is -4.44. The number of aromatic nitrogens is 2. The lowest BCUT2D eigenvalue weighted by atomic mass is 10.1. The van der Waals surface area contributed by atoms with Crippen LogP contribution in [0.25, 0.3) is 0 Å². The first-order valence-electron chi connectivity index (χ1n) is 8.35. The van der Waals surface area contributed by atoms with E-state index in [-0.39, 0.29) is 18.2 Å². The molecule has 2 amide bonds. The Kier molecular flexibility index (Phi) is 7.30. The van der Waals surface area contributed by atoms with Crippen LogP contribution in [-0.2, 0) is 17.8 Å². The fourth-order valence-electron chi connectivity index (χ4n) is 2.27. The fraction of sp³-hybridized carbons (Fsp3) is 0.333. The Balaban J connectivity index is 1.96. The van der Waals surface area contributed by atoms with Crippen molar-refractivity contribution in [1.82, 2.24) is 20.6 Å². The van der Waals surface area contributed by atoms with Crippen LogP contribution in [0, 0.1) is 0 Å². The number of carbonyl (C=O) groups is 2. The second-order valence-electron chi connectivity index (χ2n) is 5.80. The molecule has 7 nitrogen and oxygen atoms in total. The summed E-state index contributed by atoms with van der Waals surface area (Å²) in [6.45, 7) is 0.330. The molecule has 0 aliphatic heterocycles. The lowest BCUT2D eigenvalue weighted by Crippen LogP contribution is -2.27. The fourth-order valence-corrected chi connectivity index (χ4v) is 2.27. The van der Waals surface area contributed by atoms with E-state index < -0.39 is 18.7 Å². The Labute approximate surface area is 159 Å². The molecule has 2 rings (SSSR count). The maximum atomic E-state index is 12.4. The smallest absolute Gasteiger partial charge is 0.422 e. The quantitative estimate of drug-likeness (QED) is 0.712. The number of nitrogens with zero attached hydrogens (tertiary/aromatic N) is 2. The van der Waals surface area contributed by atoms with E-state index in [0.717, 1.165) is 0 Å². The Morgan fingerprint density at radius 1 is 1.14 bits per heavy atom. The van der Waals surface area contributed by atoms with Gasteiger partial charge in [-0.2, -0.15) is 13.2 Å². The third-order valence-electron chi connectivity index (χ3n) is 3.49. The van der Waals surface area contributed by atoms with Crippen LogP contribution < -0.4 is 15.4 Å². The Bertz CT molecular complexity index is 828. The normalized spacial score (nSPS) is 11.0. The molecule has 0 bridgehead atoms. The predicted molar refractivity (Wildman–Crippen MR) is 93.6 cm³/mol. The summed E-state index contributed by atoms with van der Waals surface area (Å²) in [7, 11) is 0. The molecule has 0 radical (unpaired) electrons. The molecular formula is C18H19F3N4O3. The third kappa shape index (κ3) is 7.22. The first-order valence-corrected chi connectivity index (χ1v) is 8.35. The van der Waals surface area contributed by atoms with Crippen molar-refractivity contribution in [2.45, 2.75) is 26.1 Å². The lowest BCUT2D eigenvalue weighted by molar-refractivity contribution is -0.153. The Morgan fingerprint density at radius 3 is 2.64 bits per heavy atom. The highest BCUT2D eigenvalue weighted by molar-refractivity contribution is 5.95. The van der Waals surface area contributed by atoms with Gasteiger partial charge in [-0.15, -0.1) is 0 Å². The van der Waals surface area contributed by atoms with Gasteiger partial charge < -0.3 is 15.4 Å². The van der Waals surface area contributed by atoms with Gasteiger partial charge >= 0.3 is 6.18 Å². The van der Waals surface area contributed by atoms with Crippen LogP contribution in [0.5, 0.6) is 5.75 Å². The van der Waals surface area contributed by atoms with Gasteiger partial charge in [-0.3, -0.25) is 19.6 Å². The van der Waals surface area contributed by atoms with E-state index in [1.54, 1.807) is 18.3 Å². The van der Waals surface area contributed by atoms with Gasteiger partial charge in [0.25, 0.3) is 5.91 Å². The molecular weight excluding hydrogens is 377 g/mol. The molecule has 0 aromatic carbocycles. The molecule has 150 valence electrons. The van der Waals surface area contributed by atoms with E-state index in [1.807, 2.05) is 0 Å². The van der Waals surface area contributed by atoms with Crippen molar-refractivity contribution in [1.29, 1.82) is 0 Å². The molecule has 0 saturated heterocycles. The number of alkyl halides is 3. The first kappa shape index (κ1) is 21.1. The summed E-state index contributed by atoms with van der Waals surface area (Å²) in [5, 5.41) is 5.28. The summed E-state index contributed by atoms with van der Waals surface area (Å²) in [6.07, 6.45) is -1.22. The van der Waals surface area contributed by atoms with Gasteiger partial charge in [-0.25, -0.2) is 0 Å². The number of amides is 2. The van der Waals surface area contributed by atoms with Gasteiger partial charge in [0.15, 0.2) is 6.61 Å². The number of nitrogens with one attached hydrogen (secondary N) is 2. The average Bonchev–Trinajstić information content (AvgIpc) is 2.64. The third-order valence-corrected chi connectivity index (χ3v) is 3.49. The van der Waals surface area contributed by atoms with Gasteiger partial charge in [-0.05, 0) is 18.2 Å². The van der Waals surface area contributed by atoms with Crippen LogP contribution in [0.1, 0.15) is 28.7 Å². The van der Waals surface area contributed by atoms with Crippen molar-refractivity contribution < 1.29 is 27.5 Å². The monoisotopic (exact) mass is 396 g/mol. The average molecular weight is 396 g/mol. The zero-order valence-electron chi connectivity index (χ0n) is 15.0. The molecule has 2 aromatic heterocycles.